The third-order valence-corrected chi connectivity index (χ3v) is 3.96. The summed E-state index contributed by atoms with van der Waals surface area (Å²) in [7, 11) is 0. The highest BCUT2D eigenvalue weighted by molar-refractivity contribution is 5.85. The van der Waals surface area contributed by atoms with Crippen LogP contribution in [0.25, 0.3) is 0 Å². The second-order valence-electron chi connectivity index (χ2n) is 5.29. The van der Waals surface area contributed by atoms with Gasteiger partial charge in [0.2, 0.25) is 0 Å². The number of carbonyl (C=O) groups is 2. The molecule has 0 aromatic heterocycles. The largest absolute Gasteiger partial charge is 0.466 e. The Morgan fingerprint density at radius 2 is 1.95 bits per heavy atom. The van der Waals surface area contributed by atoms with Gasteiger partial charge in [-0.05, 0) is 31.7 Å². The van der Waals surface area contributed by atoms with Crippen LogP contribution >= 0.6 is 0 Å². The Bertz CT molecular complexity index is 483. The molecule has 114 valence electrons. The summed E-state index contributed by atoms with van der Waals surface area (Å²) in [6.07, 6.45) is 1.66. The van der Waals surface area contributed by atoms with E-state index in [-0.39, 0.29) is 24.0 Å². The van der Waals surface area contributed by atoms with E-state index in [9.17, 15) is 9.59 Å². The van der Waals surface area contributed by atoms with Crippen LogP contribution in [0.3, 0.4) is 0 Å². The molecular weight excluding hydrogens is 268 g/mol. The normalized spacial score (nSPS) is 24.7. The molecule has 0 saturated carbocycles. The zero-order chi connectivity index (χ0) is 15.2. The SMILES string of the molecule is CCOC(=O)[C@@H]1[C@H](CC)C(=O)O[C@@H]1CCc1ccccc1. The zero-order valence-electron chi connectivity index (χ0n) is 12.6. The predicted molar refractivity (Wildman–Crippen MR) is 78.5 cm³/mol. The summed E-state index contributed by atoms with van der Waals surface area (Å²) in [5, 5.41) is 0. The number of benzene rings is 1. The first-order valence-corrected chi connectivity index (χ1v) is 7.58. The van der Waals surface area contributed by atoms with Crippen LogP contribution in [-0.2, 0) is 25.5 Å². The van der Waals surface area contributed by atoms with Gasteiger partial charge in [0, 0.05) is 0 Å². The van der Waals surface area contributed by atoms with Crippen LogP contribution in [-0.4, -0.2) is 24.6 Å². The molecule has 21 heavy (non-hydrogen) atoms. The van der Waals surface area contributed by atoms with E-state index in [2.05, 4.69) is 0 Å². The van der Waals surface area contributed by atoms with Crippen molar-refractivity contribution in [2.24, 2.45) is 11.8 Å². The number of hydrogen-bond acceptors (Lipinski definition) is 4. The van der Waals surface area contributed by atoms with Crippen molar-refractivity contribution in [3.8, 4) is 0 Å². The predicted octanol–water partition coefficient (Wildman–Crippen LogP) is 2.75. The van der Waals surface area contributed by atoms with E-state index < -0.39 is 5.92 Å². The number of ether oxygens (including phenoxy) is 2. The van der Waals surface area contributed by atoms with Gasteiger partial charge in [0.1, 0.15) is 12.0 Å². The highest BCUT2D eigenvalue weighted by atomic mass is 16.6. The summed E-state index contributed by atoms with van der Waals surface area (Å²) >= 11 is 0. The lowest BCUT2D eigenvalue weighted by Crippen LogP contribution is -2.31. The topological polar surface area (TPSA) is 52.6 Å². The molecule has 0 radical (unpaired) electrons. The first-order valence-electron chi connectivity index (χ1n) is 7.58. The maximum Gasteiger partial charge on any atom is 0.313 e. The van der Waals surface area contributed by atoms with Gasteiger partial charge in [-0.2, -0.15) is 0 Å². The second-order valence-corrected chi connectivity index (χ2v) is 5.29. The molecule has 0 amide bonds. The standard InChI is InChI=1S/C17H22O4/c1-3-13-15(17(19)20-4-2)14(21-16(13)18)11-10-12-8-6-5-7-9-12/h5-9,13-15H,3-4,10-11H2,1-2H3/t13-,14+,15+/m0/s1. The molecule has 1 aromatic carbocycles. The first kappa shape index (κ1) is 15.5. The number of rotatable bonds is 6. The zero-order valence-corrected chi connectivity index (χ0v) is 12.6. The fourth-order valence-corrected chi connectivity index (χ4v) is 2.88. The molecule has 1 aliphatic rings. The molecule has 0 unspecified atom stereocenters. The Morgan fingerprint density at radius 3 is 2.57 bits per heavy atom. The Hall–Kier alpha value is -1.84. The average Bonchev–Trinajstić information content (AvgIpc) is 2.82. The van der Waals surface area contributed by atoms with E-state index in [1.807, 2.05) is 37.3 Å². The monoisotopic (exact) mass is 290 g/mol. The Kier molecular flexibility index (Phi) is 5.37. The van der Waals surface area contributed by atoms with E-state index in [1.54, 1.807) is 6.92 Å². The van der Waals surface area contributed by atoms with Crippen LogP contribution in [0, 0.1) is 11.8 Å². The van der Waals surface area contributed by atoms with Gasteiger partial charge >= 0.3 is 11.9 Å². The summed E-state index contributed by atoms with van der Waals surface area (Å²) in [6.45, 7) is 4.00. The van der Waals surface area contributed by atoms with Gasteiger partial charge in [-0.1, -0.05) is 37.3 Å². The molecule has 0 aliphatic carbocycles. The lowest BCUT2D eigenvalue weighted by atomic mass is 9.86. The van der Waals surface area contributed by atoms with Crippen molar-refractivity contribution in [3.05, 3.63) is 35.9 Å². The molecule has 2 rings (SSSR count). The number of esters is 2. The van der Waals surface area contributed by atoms with Crippen LogP contribution in [0.1, 0.15) is 32.3 Å². The number of hydrogen-bond donors (Lipinski definition) is 0. The van der Waals surface area contributed by atoms with Gasteiger partial charge in [-0.15, -0.1) is 0 Å². The minimum atomic E-state index is -0.467. The van der Waals surface area contributed by atoms with Crippen molar-refractivity contribution in [2.75, 3.05) is 6.61 Å². The number of cyclic esters (lactones) is 1. The quantitative estimate of drug-likeness (QED) is 0.756. The summed E-state index contributed by atoms with van der Waals surface area (Å²) < 4.78 is 10.5. The summed E-state index contributed by atoms with van der Waals surface area (Å²) in [5.41, 5.74) is 1.18. The molecular formula is C17H22O4. The van der Waals surface area contributed by atoms with Crippen molar-refractivity contribution >= 4 is 11.9 Å². The Labute approximate surface area is 125 Å². The molecule has 3 atom stereocenters. The highest BCUT2D eigenvalue weighted by Crippen LogP contribution is 2.34. The molecule has 1 aliphatic heterocycles. The van der Waals surface area contributed by atoms with E-state index >= 15 is 0 Å². The van der Waals surface area contributed by atoms with E-state index in [0.29, 0.717) is 19.4 Å². The minimum absolute atomic E-state index is 0.270. The van der Waals surface area contributed by atoms with Crippen molar-refractivity contribution in [1.29, 1.82) is 0 Å². The highest BCUT2D eigenvalue weighted by Gasteiger charge is 2.48. The Balaban J connectivity index is 2.05. The smallest absolute Gasteiger partial charge is 0.313 e. The Morgan fingerprint density at radius 1 is 1.24 bits per heavy atom. The maximum atomic E-state index is 12.1. The first-order chi connectivity index (χ1) is 10.2. The summed E-state index contributed by atoms with van der Waals surface area (Å²) in [4.78, 5) is 24.0. The van der Waals surface area contributed by atoms with Crippen LogP contribution in [0.4, 0.5) is 0 Å². The van der Waals surface area contributed by atoms with Crippen molar-refractivity contribution < 1.29 is 19.1 Å². The van der Waals surface area contributed by atoms with Gasteiger partial charge < -0.3 is 9.47 Å². The average molecular weight is 290 g/mol. The fraction of sp³-hybridized carbons (Fsp3) is 0.529. The second kappa shape index (κ2) is 7.25. The van der Waals surface area contributed by atoms with Crippen LogP contribution in [0.2, 0.25) is 0 Å². The van der Waals surface area contributed by atoms with Crippen LogP contribution in [0.5, 0.6) is 0 Å². The molecule has 1 saturated heterocycles. The number of aryl methyl sites for hydroxylation is 1. The molecule has 0 bridgehead atoms. The summed E-state index contributed by atoms with van der Waals surface area (Å²) in [6, 6.07) is 10.00. The van der Waals surface area contributed by atoms with Gasteiger partial charge in [0.25, 0.3) is 0 Å². The van der Waals surface area contributed by atoms with E-state index in [4.69, 9.17) is 9.47 Å². The van der Waals surface area contributed by atoms with Crippen LogP contribution in [0.15, 0.2) is 30.3 Å². The molecule has 1 aromatic rings. The third kappa shape index (κ3) is 3.63. The lowest BCUT2D eigenvalue weighted by molar-refractivity contribution is -0.151. The third-order valence-electron chi connectivity index (χ3n) is 3.96. The minimum Gasteiger partial charge on any atom is -0.466 e. The van der Waals surface area contributed by atoms with Gasteiger partial charge in [0.05, 0.1) is 12.5 Å². The molecule has 4 heteroatoms. The van der Waals surface area contributed by atoms with E-state index in [0.717, 1.165) is 6.42 Å². The maximum absolute atomic E-state index is 12.1. The molecule has 1 fully saturated rings. The van der Waals surface area contributed by atoms with Crippen LogP contribution < -0.4 is 0 Å². The molecule has 1 heterocycles. The van der Waals surface area contributed by atoms with Crippen molar-refractivity contribution in [2.45, 2.75) is 39.2 Å². The fourth-order valence-electron chi connectivity index (χ4n) is 2.88. The summed E-state index contributed by atoms with van der Waals surface area (Å²) in [5.74, 6) is -1.42. The van der Waals surface area contributed by atoms with E-state index in [1.165, 1.54) is 5.56 Å². The molecule has 0 spiro atoms. The van der Waals surface area contributed by atoms with Gasteiger partial charge in [-0.25, -0.2) is 0 Å². The number of carbonyl (C=O) groups excluding carboxylic acids is 2. The molecule has 0 N–H and O–H groups in total. The lowest BCUT2D eigenvalue weighted by Gasteiger charge is -2.18. The molecule has 4 nitrogen and oxygen atoms in total. The van der Waals surface area contributed by atoms with Crippen molar-refractivity contribution in [3.63, 3.8) is 0 Å². The van der Waals surface area contributed by atoms with Gasteiger partial charge in [-0.3, -0.25) is 9.59 Å². The van der Waals surface area contributed by atoms with Crippen molar-refractivity contribution in [1.82, 2.24) is 0 Å². The van der Waals surface area contributed by atoms with Gasteiger partial charge in [0.15, 0.2) is 0 Å².